The monoisotopic (exact) mass is 329 g/mol. The van der Waals surface area contributed by atoms with Crippen LogP contribution >= 0.6 is 11.6 Å². The van der Waals surface area contributed by atoms with E-state index < -0.39 is 6.04 Å². The van der Waals surface area contributed by atoms with E-state index in [0.717, 1.165) is 16.5 Å². The molecule has 3 rings (SSSR count). The highest BCUT2D eigenvalue weighted by Gasteiger charge is 2.17. The Morgan fingerprint density at radius 1 is 1.04 bits per heavy atom. The molecule has 1 aromatic heterocycles. The molecule has 1 atom stereocenters. The van der Waals surface area contributed by atoms with Gasteiger partial charge in [-0.1, -0.05) is 23.7 Å². The maximum absolute atomic E-state index is 6.39. The molecule has 23 heavy (non-hydrogen) atoms. The van der Waals surface area contributed by atoms with Crippen molar-refractivity contribution in [2.24, 2.45) is 5.73 Å². The zero-order valence-electron chi connectivity index (χ0n) is 12.8. The van der Waals surface area contributed by atoms with Crippen molar-refractivity contribution >= 4 is 22.5 Å². The van der Waals surface area contributed by atoms with E-state index in [0.29, 0.717) is 22.2 Å². The fraction of sp³-hybridized carbons (Fsp3) is 0.176. The second-order valence-electron chi connectivity index (χ2n) is 5.02. The van der Waals surface area contributed by atoms with Crippen LogP contribution in [0, 0.1) is 0 Å². The van der Waals surface area contributed by atoms with E-state index in [2.05, 4.69) is 9.97 Å². The highest BCUT2D eigenvalue weighted by molar-refractivity contribution is 6.30. The lowest BCUT2D eigenvalue weighted by Crippen LogP contribution is -2.14. The molecule has 0 aliphatic rings. The number of ether oxygens (including phenoxy) is 2. The van der Waals surface area contributed by atoms with Crippen molar-refractivity contribution in [1.82, 2.24) is 9.97 Å². The molecule has 3 aromatic rings. The molecule has 5 nitrogen and oxygen atoms in total. The van der Waals surface area contributed by atoms with Crippen molar-refractivity contribution in [1.29, 1.82) is 0 Å². The van der Waals surface area contributed by atoms with Crippen LogP contribution in [0.1, 0.15) is 17.3 Å². The molecule has 0 saturated carbocycles. The highest BCUT2D eigenvalue weighted by atomic mass is 35.5. The number of methoxy groups -OCH3 is 2. The van der Waals surface area contributed by atoms with Gasteiger partial charge in [0.25, 0.3) is 0 Å². The van der Waals surface area contributed by atoms with Gasteiger partial charge < -0.3 is 15.2 Å². The molecule has 0 saturated heterocycles. The minimum atomic E-state index is -0.419. The van der Waals surface area contributed by atoms with E-state index in [9.17, 15) is 0 Å². The molecule has 0 amide bonds. The first-order valence-electron chi connectivity index (χ1n) is 7.01. The molecule has 0 aliphatic carbocycles. The number of fused-ring (bicyclic) bond motifs is 1. The third-order valence-electron chi connectivity index (χ3n) is 3.67. The van der Waals surface area contributed by atoms with Crippen molar-refractivity contribution in [3.05, 3.63) is 59.0 Å². The molecule has 2 N–H and O–H groups in total. The quantitative estimate of drug-likeness (QED) is 0.794. The van der Waals surface area contributed by atoms with Crippen molar-refractivity contribution in [3.63, 3.8) is 0 Å². The summed E-state index contributed by atoms with van der Waals surface area (Å²) in [7, 11) is 3.17. The van der Waals surface area contributed by atoms with Crippen molar-refractivity contribution in [2.75, 3.05) is 14.2 Å². The van der Waals surface area contributed by atoms with Gasteiger partial charge in [0.05, 0.1) is 31.5 Å². The summed E-state index contributed by atoms with van der Waals surface area (Å²) in [6, 6.07) is 10.7. The summed E-state index contributed by atoms with van der Waals surface area (Å²) in [4.78, 5) is 8.66. The number of aromatic nitrogens is 2. The van der Waals surface area contributed by atoms with E-state index in [1.807, 2.05) is 36.4 Å². The summed E-state index contributed by atoms with van der Waals surface area (Å²) in [5.74, 6) is 1.22. The molecule has 0 spiro atoms. The van der Waals surface area contributed by atoms with Crippen molar-refractivity contribution in [3.8, 4) is 11.5 Å². The molecule has 0 bridgehead atoms. The average Bonchev–Trinajstić information content (AvgIpc) is 2.59. The minimum Gasteiger partial charge on any atom is -0.493 e. The van der Waals surface area contributed by atoms with Crippen LogP contribution in [0.3, 0.4) is 0 Å². The van der Waals surface area contributed by atoms with Crippen LogP contribution in [0.5, 0.6) is 11.5 Å². The molecular formula is C17H16ClN3O2. The topological polar surface area (TPSA) is 70.3 Å². The molecule has 1 heterocycles. The lowest BCUT2D eigenvalue weighted by molar-refractivity contribution is 0.355. The fourth-order valence-electron chi connectivity index (χ4n) is 2.51. The number of hydrogen-bond acceptors (Lipinski definition) is 5. The van der Waals surface area contributed by atoms with Crippen LogP contribution in [0.15, 0.2) is 42.7 Å². The van der Waals surface area contributed by atoms with Crippen LogP contribution in [0.2, 0.25) is 5.02 Å². The van der Waals surface area contributed by atoms with Crippen LogP contribution in [-0.2, 0) is 0 Å². The zero-order valence-corrected chi connectivity index (χ0v) is 13.5. The number of rotatable bonds is 4. The Bertz CT molecular complexity index is 854. The number of nitrogens with two attached hydrogens (primary N) is 1. The predicted octanol–water partition coefficient (Wildman–Crippen LogP) is 3.35. The minimum absolute atomic E-state index is 0.419. The van der Waals surface area contributed by atoms with E-state index in [1.54, 1.807) is 14.2 Å². The van der Waals surface area contributed by atoms with E-state index >= 15 is 0 Å². The van der Waals surface area contributed by atoms with Gasteiger partial charge in [0, 0.05) is 16.5 Å². The van der Waals surface area contributed by atoms with Crippen molar-refractivity contribution < 1.29 is 9.47 Å². The smallest absolute Gasteiger partial charge is 0.162 e. The molecular weight excluding hydrogens is 314 g/mol. The normalized spacial score (nSPS) is 12.2. The third-order valence-corrected chi connectivity index (χ3v) is 3.91. The Morgan fingerprint density at radius 2 is 1.78 bits per heavy atom. The fourth-order valence-corrected chi connectivity index (χ4v) is 2.71. The highest BCUT2D eigenvalue weighted by Crippen LogP contribution is 2.34. The maximum Gasteiger partial charge on any atom is 0.162 e. The average molecular weight is 330 g/mol. The summed E-state index contributed by atoms with van der Waals surface area (Å²) in [6.45, 7) is 0. The molecule has 0 aliphatic heterocycles. The van der Waals surface area contributed by atoms with Gasteiger partial charge in [-0.3, -0.25) is 0 Å². The Labute approximate surface area is 139 Å². The molecule has 6 heteroatoms. The summed E-state index contributed by atoms with van der Waals surface area (Å²) in [5.41, 5.74) is 8.72. The van der Waals surface area contributed by atoms with Crippen LogP contribution < -0.4 is 15.2 Å². The van der Waals surface area contributed by atoms with E-state index in [1.165, 1.54) is 6.33 Å². The molecule has 1 unspecified atom stereocenters. The lowest BCUT2D eigenvalue weighted by atomic mass is 10.0. The summed E-state index contributed by atoms with van der Waals surface area (Å²) >= 11 is 6.06. The first kappa shape index (κ1) is 15.5. The molecule has 0 radical (unpaired) electrons. The first-order valence-corrected chi connectivity index (χ1v) is 7.39. The Morgan fingerprint density at radius 3 is 2.48 bits per heavy atom. The summed E-state index contributed by atoms with van der Waals surface area (Å²) in [5, 5.41) is 1.45. The van der Waals surface area contributed by atoms with E-state index in [4.69, 9.17) is 26.8 Å². The number of benzene rings is 2. The van der Waals surface area contributed by atoms with E-state index in [-0.39, 0.29) is 0 Å². The number of hydrogen-bond donors (Lipinski definition) is 1. The van der Waals surface area contributed by atoms with Gasteiger partial charge in [0.15, 0.2) is 11.5 Å². The number of halogens is 1. The maximum atomic E-state index is 6.39. The third kappa shape index (κ3) is 2.93. The first-order chi connectivity index (χ1) is 11.1. The second kappa shape index (κ2) is 6.40. The SMILES string of the molecule is COc1cc2ncnc(C(N)c3cccc(Cl)c3)c2cc1OC. The molecule has 2 aromatic carbocycles. The van der Waals surface area contributed by atoms with Crippen molar-refractivity contribution in [2.45, 2.75) is 6.04 Å². The lowest BCUT2D eigenvalue weighted by Gasteiger charge is -2.15. The Hall–Kier alpha value is -2.37. The number of nitrogens with zero attached hydrogens (tertiary/aromatic N) is 2. The molecule has 0 fully saturated rings. The van der Waals surface area contributed by atoms with Crippen LogP contribution in [-0.4, -0.2) is 24.2 Å². The van der Waals surface area contributed by atoms with Gasteiger partial charge in [0.2, 0.25) is 0 Å². The second-order valence-corrected chi connectivity index (χ2v) is 5.45. The van der Waals surface area contributed by atoms with Gasteiger partial charge in [-0.2, -0.15) is 0 Å². The van der Waals surface area contributed by atoms with Gasteiger partial charge in [-0.05, 0) is 23.8 Å². The Balaban J connectivity index is 2.17. The van der Waals surface area contributed by atoms with Gasteiger partial charge >= 0.3 is 0 Å². The summed E-state index contributed by atoms with van der Waals surface area (Å²) < 4.78 is 10.7. The largest absolute Gasteiger partial charge is 0.493 e. The van der Waals surface area contributed by atoms with Gasteiger partial charge in [-0.15, -0.1) is 0 Å². The van der Waals surface area contributed by atoms with Gasteiger partial charge in [0.1, 0.15) is 6.33 Å². The zero-order chi connectivity index (χ0) is 16.4. The van der Waals surface area contributed by atoms with Gasteiger partial charge in [-0.25, -0.2) is 9.97 Å². The Kier molecular flexibility index (Phi) is 4.32. The summed E-state index contributed by atoms with van der Waals surface area (Å²) in [6.07, 6.45) is 1.49. The van der Waals surface area contributed by atoms with Crippen LogP contribution in [0.25, 0.3) is 10.9 Å². The predicted molar refractivity (Wildman–Crippen MR) is 90.1 cm³/mol. The van der Waals surface area contributed by atoms with Crippen LogP contribution in [0.4, 0.5) is 0 Å². The standard InChI is InChI=1S/C17H16ClN3O2/c1-22-14-7-12-13(8-15(14)23-2)20-9-21-17(12)16(19)10-4-3-5-11(18)6-10/h3-9,16H,19H2,1-2H3. The molecule has 118 valence electrons.